The lowest BCUT2D eigenvalue weighted by molar-refractivity contribution is 0.0952. The minimum Gasteiger partial charge on any atom is -0.352 e. The first kappa shape index (κ1) is 15.7. The quantitative estimate of drug-likeness (QED) is 0.794. The molecule has 1 saturated heterocycles. The summed E-state index contributed by atoms with van der Waals surface area (Å²) in [6.07, 6.45) is 6.48. The largest absolute Gasteiger partial charge is 0.352 e. The molecular formula is C17H23N5O. The summed E-state index contributed by atoms with van der Waals surface area (Å²) in [4.78, 5) is 16.0. The van der Waals surface area contributed by atoms with Crippen LogP contribution in [0.15, 0.2) is 36.9 Å². The molecule has 122 valence electrons. The van der Waals surface area contributed by atoms with Crippen LogP contribution in [0.25, 0.3) is 0 Å². The van der Waals surface area contributed by atoms with E-state index in [0.717, 1.165) is 31.6 Å². The fourth-order valence-corrected chi connectivity index (χ4v) is 2.94. The highest BCUT2D eigenvalue weighted by molar-refractivity contribution is 5.94. The Kier molecular flexibility index (Phi) is 5.37. The number of carbonyl (C=O) groups excluding carboxylic acids is 1. The summed E-state index contributed by atoms with van der Waals surface area (Å²) in [7, 11) is 0. The molecule has 1 fully saturated rings. The summed E-state index contributed by atoms with van der Waals surface area (Å²) in [5, 5.41) is 10.4. The summed E-state index contributed by atoms with van der Waals surface area (Å²) in [6, 6.07) is 8.03. The molecule has 1 atom stereocenters. The fourth-order valence-electron chi connectivity index (χ4n) is 2.94. The molecule has 0 saturated carbocycles. The Hall–Kier alpha value is -2.21. The van der Waals surface area contributed by atoms with Gasteiger partial charge in [0.25, 0.3) is 5.91 Å². The van der Waals surface area contributed by atoms with Crippen molar-refractivity contribution in [2.45, 2.75) is 31.7 Å². The SMILES string of the molecule is O=C(NCCCn1cncn1)c1ccc(C2CCCNC2)cc1. The summed E-state index contributed by atoms with van der Waals surface area (Å²) < 4.78 is 1.76. The van der Waals surface area contributed by atoms with E-state index < -0.39 is 0 Å². The van der Waals surface area contributed by atoms with Gasteiger partial charge in [-0.15, -0.1) is 0 Å². The highest BCUT2D eigenvalue weighted by Gasteiger charge is 2.15. The topological polar surface area (TPSA) is 71.8 Å². The van der Waals surface area contributed by atoms with Crippen molar-refractivity contribution in [3.63, 3.8) is 0 Å². The van der Waals surface area contributed by atoms with Crippen LogP contribution in [-0.4, -0.2) is 40.3 Å². The van der Waals surface area contributed by atoms with Gasteiger partial charge in [-0.3, -0.25) is 9.48 Å². The van der Waals surface area contributed by atoms with Crippen LogP contribution in [-0.2, 0) is 6.54 Å². The van der Waals surface area contributed by atoms with Crippen molar-refractivity contribution < 1.29 is 4.79 Å². The van der Waals surface area contributed by atoms with Gasteiger partial charge in [0.2, 0.25) is 0 Å². The van der Waals surface area contributed by atoms with Crippen LogP contribution in [0, 0.1) is 0 Å². The molecule has 3 rings (SSSR count). The van der Waals surface area contributed by atoms with E-state index in [0.29, 0.717) is 12.5 Å². The third-order valence-electron chi connectivity index (χ3n) is 4.26. The van der Waals surface area contributed by atoms with Gasteiger partial charge in [0.1, 0.15) is 12.7 Å². The number of aryl methyl sites for hydroxylation is 1. The Morgan fingerprint density at radius 2 is 2.22 bits per heavy atom. The van der Waals surface area contributed by atoms with E-state index in [4.69, 9.17) is 0 Å². The third-order valence-corrected chi connectivity index (χ3v) is 4.26. The van der Waals surface area contributed by atoms with E-state index in [1.807, 2.05) is 12.1 Å². The Morgan fingerprint density at radius 1 is 1.35 bits per heavy atom. The molecule has 0 aliphatic carbocycles. The molecule has 1 unspecified atom stereocenters. The van der Waals surface area contributed by atoms with E-state index in [1.54, 1.807) is 11.0 Å². The van der Waals surface area contributed by atoms with Crippen LogP contribution in [0.4, 0.5) is 0 Å². The number of benzene rings is 1. The maximum Gasteiger partial charge on any atom is 0.251 e. The van der Waals surface area contributed by atoms with Crippen LogP contribution in [0.2, 0.25) is 0 Å². The molecule has 0 radical (unpaired) electrons. The van der Waals surface area contributed by atoms with Crippen LogP contribution in [0.3, 0.4) is 0 Å². The molecule has 0 bridgehead atoms. The lowest BCUT2D eigenvalue weighted by Gasteiger charge is -2.23. The molecule has 0 spiro atoms. The van der Waals surface area contributed by atoms with Crippen molar-refractivity contribution in [3.8, 4) is 0 Å². The summed E-state index contributed by atoms with van der Waals surface area (Å²) >= 11 is 0. The van der Waals surface area contributed by atoms with Gasteiger partial charge < -0.3 is 10.6 Å². The monoisotopic (exact) mass is 313 g/mol. The molecular weight excluding hydrogens is 290 g/mol. The number of hydrogen-bond acceptors (Lipinski definition) is 4. The molecule has 6 nitrogen and oxygen atoms in total. The molecule has 6 heteroatoms. The lowest BCUT2D eigenvalue weighted by Crippen LogP contribution is -2.28. The predicted molar refractivity (Wildman–Crippen MR) is 88.3 cm³/mol. The van der Waals surface area contributed by atoms with Crippen molar-refractivity contribution in [2.24, 2.45) is 0 Å². The highest BCUT2D eigenvalue weighted by Crippen LogP contribution is 2.23. The zero-order chi connectivity index (χ0) is 15.9. The highest BCUT2D eigenvalue weighted by atomic mass is 16.1. The molecule has 2 aromatic rings. The average Bonchev–Trinajstić information content (AvgIpc) is 3.13. The Labute approximate surface area is 136 Å². The minimum atomic E-state index is -0.0168. The zero-order valence-corrected chi connectivity index (χ0v) is 13.2. The Morgan fingerprint density at radius 3 is 2.91 bits per heavy atom. The molecule has 2 heterocycles. The van der Waals surface area contributed by atoms with Crippen molar-refractivity contribution in [3.05, 3.63) is 48.0 Å². The first-order valence-electron chi connectivity index (χ1n) is 8.24. The second-order valence-electron chi connectivity index (χ2n) is 5.93. The maximum atomic E-state index is 12.1. The average molecular weight is 313 g/mol. The summed E-state index contributed by atoms with van der Waals surface area (Å²) in [6.45, 7) is 3.54. The van der Waals surface area contributed by atoms with E-state index in [9.17, 15) is 4.79 Å². The molecule has 2 N–H and O–H groups in total. The van der Waals surface area contributed by atoms with E-state index in [-0.39, 0.29) is 5.91 Å². The molecule has 1 aliphatic heterocycles. The normalized spacial score (nSPS) is 17.8. The summed E-state index contributed by atoms with van der Waals surface area (Å²) in [5.41, 5.74) is 2.04. The van der Waals surface area contributed by atoms with Crippen molar-refractivity contribution in [2.75, 3.05) is 19.6 Å². The number of hydrogen-bond donors (Lipinski definition) is 2. The van der Waals surface area contributed by atoms with Gasteiger partial charge in [-0.1, -0.05) is 12.1 Å². The van der Waals surface area contributed by atoms with Gasteiger partial charge in [0, 0.05) is 25.2 Å². The van der Waals surface area contributed by atoms with Gasteiger partial charge >= 0.3 is 0 Å². The van der Waals surface area contributed by atoms with E-state index in [2.05, 4.69) is 32.8 Å². The second kappa shape index (κ2) is 7.87. The molecule has 1 amide bonds. The van der Waals surface area contributed by atoms with Crippen LogP contribution in [0.5, 0.6) is 0 Å². The van der Waals surface area contributed by atoms with Crippen molar-refractivity contribution in [1.82, 2.24) is 25.4 Å². The third kappa shape index (κ3) is 4.39. The minimum absolute atomic E-state index is 0.0168. The Balaban J connectivity index is 1.45. The number of amides is 1. The van der Waals surface area contributed by atoms with E-state index in [1.165, 1.54) is 24.7 Å². The van der Waals surface area contributed by atoms with Gasteiger partial charge in [0.15, 0.2) is 0 Å². The van der Waals surface area contributed by atoms with Gasteiger partial charge in [0.05, 0.1) is 0 Å². The summed E-state index contributed by atoms with van der Waals surface area (Å²) in [5.74, 6) is 0.556. The molecule has 1 aliphatic rings. The number of piperidine rings is 1. The smallest absolute Gasteiger partial charge is 0.251 e. The predicted octanol–water partition coefficient (Wildman–Crippen LogP) is 1.57. The van der Waals surface area contributed by atoms with Gasteiger partial charge in [-0.05, 0) is 49.4 Å². The fraction of sp³-hybridized carbons (Fsp3) is 0.471. The maximum absolute atomic E-state index is 12.1. The number of rotatable bonds is 6. The van der Waals surface area contributed by atoms with Crippen molar-refractivity contribution in [1.29, 1.82) is 0 Å². The number of nitrogens with one attached hydrogen (secondary N) is 2. The van der Waals surface area contributed by atoms with Crippen molar-refractivity contribution >= 4 is 5.91 Å². The standard InChI is InChI=1S/C17H23N5O/c23-17(20-9-2-10-22-13-19-12-21-22)15-6-4-14(5-7-15)16-3-1-8-18-11-16/h4-7,12-13,16,18H,1-3,8-11H2,(H,20,23). The van der Waals surface area contributed by atoms with Gasteiger partial charge in [-0.25, -0.2) is 4.98 Å². The molecule has 1 aromatic heterocycles. The molecule has 23 heavy (non-hydrogen) atoms. The number of nitrogens with zero attached hydrogens (tertiary/aromatic N) is 3. The second-order valence-corrected chi connectivity index (χ2v) is 5.93. The van der Waals surface area contributed by atoms with Crippen LogP contribution in [0.1, 0.15) is 41.1 Å². The zero-order valence-electron chi connectivity index (χ0n) is 13.2. The van der Waals surface area contributed by atoms with E-state index >= 15 is 0 Å². The Bertz CT molecular complexity index is 602. The number of aromatic nitrogens is 3. The van der Waals surface area contributed by atoms with Crippen LogP contribution < -0.4 is 10.6 Å². The number of carbonyl (C=O) groups is 1. The first-order valence-corrected chi connectivity index (χ1v) is 8.24. The lowest BCUT2D eigenvalue weighted by atomic mass is 9.91. The van der Waals surface area contributed by atoms with Crippen LogP contribution >= 0.6 is 0 Å². The first-order chi connectivity index (χ1) is 11.3. The van der Waals surface area contributed by atoms with Gasteiger partial charge in [-0.2, -0.15) is 5.10 Å². The molecule has 1 aromatic carbocycles.